The molecule has 2 aromatic rings. The summed E-state index contributed by atoms with van der Waals surface area (Å²) < 4.78 is 0. The summed E-state index contributed by atoms with van der Waals surface area (Å²) in [5.41, 5.74) is 1.66. The molecule has 4 heteroatoms. The molecule has 0 aliphatic heterocycles. The Hall–Kier alpha value is -1.57. The van der Waals surface area contributed by atoms with Crippen LogP contribution in [0.3, 0.4) is 0 Å². The van der Waals surface area contributed by atoms with Crippen molar-refractivity contribution in [1.82, 2.24) is 0 Å². The van der Waals surface area contributed by atoms with Gasteiger partial charge in [-0.3, -0.25) is 0 Å². The summed E-state index contributed by atoms with van der Waals surface area (Å²) in [6, 6.07) is 18.6. The van der Waals surface area contributed by atoms with E-state index < -0.39 is 0 Å². The Balaban J connectivity index is 1.90. The second-order valence-electron chi connectivity index (χ2n) is 4.08. The number of anilines is 1. The molecule has 0 aliphatic rings. The molecule has 0 radical (unpaired) electrons. The molecule has 0 aliphatic carbocycles. The number of hydrogen-bond acceptors (Lipinski definition) is 4. The smallest absolute Gasteiger partial charge is 0.102 e. The number of nitriles is 1. The zero-order chi connectivity index (χ0) is 14.2. The van der Waals surface area contributed by atoms with Gasteiger partial charge < -0.3 is 5.32 Å². The molecule has 0 aromatic heterocycles. The molecular formula is C16H16N2S2. The van der Waals surface area contributed by atoms with Gasteiger partial charge in [0.2, 0.25) is 0 Å². The quantitative estimate of drug-likeness (QED) is 0.630. The van der Waals surface area contributed by atoms with E-state index in [1.807, 2.05) is 54.4 Å². The molecule has 0 unspecified atom stereocenters. The van der Waals surface area contributed by atoms with E-state index in [1.165, 1.54) is 4.90 Å². The number of thioether (sulfide) groups is 2. The molecule has 2 aromatic carbocycles. The third-order valence-corrected chi connectivity index (χ3v) is 4.58. The molecular weight excluding hydrogens is 284 g/mol. The molecule has 0 bridgehead atoms. The fraction of sp³-hybridized carbons (Fsp3) is 0.188. The number of benzene rings is 2. The molecule has 1 N–H and O–H groups in total. The third-order valence-electron chi connectivity index (χ3n) is 2.79. The van der Waals surface area contributed by atoms with E-state index in [0.29, 0.717) is 0 Å². The van der Waals surface area contributed by atoms with Gasteiger partial charge in [0.25, 0.3) is 0 Å². The highest BCUT2D eigenvalue weighted by Gasteiger charge is 2.06. The molecule has 0 saturated carbocycles. The van der Waals surface area contributed by atoms with Gasteiger partial charge in [-0.25, -0.2) is 0 Å². The first-order valence-corrected chi connectivity index (χ1v) is 8.55. The van der Waals surface area contributed by atoms with E-state index in [2.05, 4.69) is 23.5 Å². The maximum absolute atomic E-state index is 9.26. The summed E-state index contributed by atoms with van der Waals surface area (Å²) in [5, 5.41) is 12.6. The van der Waals surface area contributed by atoms with Crippen molar-refractivity contribution in [3.63, 3.8) is 0 Å². The molecule has 0 amide bonds. The first-order chi connectivity index (χ1) is 9.85. The van der Waals surface area contributed by atoms with Crippen LogP contribution in [-0.2, 0) is 0 Å². The summed E-state index contributed by atoms with van der Waals surface area (Å²) in [7, 11) is 0. The van der Waals surface area contributed by atoms with Gasteiger partial charge in [0.1, 0.15) is 6.07 Å². The fourth-order valence-electron chi connectivity index (χ4n) is 1.84. The lowest BCUT2D eigenvalue weighted by Gasteiger charge is -2.10. The average molecular weight is 300 g/mol. The molecule has 20 heavy (non-hydrogen) atoms. The Morgan fingerprint density at radius 3 is 2.60 bits per heavy atom. The van der Waals surface area contributed by atoms with Crippen LogP contribution in [0.4, 0.5) is 5.69 Å². The normalized spacial score (nSPS) is 10.0. The van der Waals surface area contributed by atoms with Crippen LogP contribution in [-0.4, -0.2) is 18.6 Å². The number of rotatable bonds is 6. The number of hydrogen-bond donors (Lipinski definition) is 1. The zero-order valence-electron chi connectivity index (χ0n) is 11.3. The maximum atomic E-state index is 9.26. The highest BCUT2D eigenvalue weighted by atomic mass is 32.2. The highest BCUT2D eigenvalue weighted by Crippen LogP contribution is 2.26. The Bertz CT molecular complexity index is 591. The average Bonchev–Trinajstić information content (AvgIpc) is 2.52. The van der Waals surface area contributed by atoms with Gasteiger partial charge in [-0.15, -0.1) is 23.5 Å². The minimum Gasteiger partial charge on any atom is -0.383 e. The molecule has 0 atom stereocenters. The molecule has 2 nitrogen and oxygen atoms in total. The van der Waals surface area contributed by atoms with Gasteiger partial charge in [0, 0.05) is 22.1 Å². The predicted molar refractivity (Wildman–Crippen MR) is 88.6 cm³/mol. The highest BCUT2D eigenvalue weighted by molar-refractivity contribution is 7.99. The van der Waals surface area contributed by atoms with Gasteiger partial charge in [-0.1, -0.05) is 24.3 Å². The van der Waals surface area contributed by atoms with Crippen LogP contribution in [0.5, 0.6) is 0 Å². The van der Waals surface area contributed by atoms with E-state index in [0.717, 1.165) is 28.4 Å². The minimum atomic E-state index is 0.740. The number of nitrogens with zero attached hydrogens (tertiary/aromatic N) is 1. The van der Waals surface area contributed by atoms with Crippen LogP contribution in [0.25, 0.3) is 0 Å². The van der Waals surface area contributed by atoms with Crippen molar-refractivity contribution < 1.29 is 0 Å². The Kier molecular flexibility index (Phi) is 5.85. The largest absolute Gasteiger partial charge is 0.383 e. The van der Waals surface area contributed by atoms with Crippen molar-refractivity contribution in [3.8, 4) is 6.07 Å². The van der Waals surface area contributed by atoms with E-state index in [4.69, 9.17) is 0 Å². The van der Waals surface area contributed by atoms with Gasteiger partial charge >= 0.3 is 0 Å². The van der Waals surface area contributed by atoms with E-state index in [-0.39, 0.29) is 0 Å². The Morgan fingerprint density at radius 2 is 1.90 bits per heavy atom. The maximum Gasteiger partial charge on any atom is 0.102 e. The van der Waals surface area contributed by atoms with Crippen LogP contribution < -0.4 is 5.32 Å². The van der Waals surface area contributed by atoms with Crippen LogP contribution in [0, 0.1) is 11.3 Å². The predicted octanol–water partition coefficient (Wildman–Crippen LogP) is 4.48. The van der Waals surface area contributed by atoms with Gasteiger partial charge in [-0.05, 0) is 30.5 Å². The second-order valence-corrected chi connectivity index (χ2v) is 6.10. The van der Waals surface area contributed by atoms with Gasteiger partial charge in [-0.2, -0.15) is 5.26 Å². The molecule has 0 saturated heterocycles. The Labute approximate surface area is 128 Å². The van der Waals surface area contributed by atoms with Crippen molar-refractivity contribution >= 4 is 29.2 Å². The lowest BCUT2D eigenvalue weighted by atomic mass is 10.2. The minimum absolute atomic E-state index is 0.740. The van der Waals surface area contributed by atoms with Crippen LogP contribution >= 0.6 is 23.5 Å². The standard InChI is InChI=1S/C16H16N2S2/c1-19-16-9-5-8-15(14(16)12-17)18-10-11-20-13-6-3-2-4-7-13/h2-9,18H,10-11H2,1H3. The van der Waals surface area contributed by atoms with Crippen molar-refractivity contribution in [2.75, 3.05) is 23.9 Å². The summed E-state index contributed by atoms with van der Waals surface area (Å²) in [5.74, 6) is 0.971. The van der Waals surface area contributed by atoms with E-state index >= 15 is 0 Å². The summed E-state index contributed by atoms with van der Waals surface area (Å²) in [6.45, 7) is 0.839. The molecule has 102 valence electrons. The first kappa shape index (κ1) is 14.8. The van der Waals surface area contributed by atoms with Crippen molar-refractivity contribution in [2.45, 2.75) is 9.79 Å². The van der Waals surface area contributed by atoms with E-state index in [1.54, 1.807) is 11.8 Å². The summed E-state index contributed by atoms with van der Waals surface area (Å²) in [6.07, 6.45) is 1.99. The fourth-order valence-corrected chi connectivity index (χ4v) is 3.20. The third kappa shape index (κ3) is 3.96. The molecule has 0 spiro atoms. The van der Waals surface area contributed by atoms with Gasteiger partial charge in [0.15, 0.2) is 0 Å². The SMILES string of the molecule is CSc1cccc(NCCSc2ccccc2)c1C#N. The van der Waals surface area contributed by atoms with E-state index in [9.17, 15) is 5.26 Å². The van der Waals surface area contributed by atoms with Crippen LogP contribution in [0.15, 0.2) is 58.3 Å². The topological polar surface area (TPSA) is 35.8 Å². The lowest BCUT2D eigenvalue weighted by Crippen LogP contribution is -2.05. The van der Waals surface area contributed by atoms with Crippen LogP contribution in [0.1, 0.15) is 5.56 Å². The van der Waals surface area contributed by atoms with Crippen molar-refractivity contribution in [1.29, 1.82) is 5.26 Å². The monoisotopic (exact) mass is 300 g/mol. The lowest BCUT2D eigenvalue weighted by molar-refractivity contribution is 1.20. The molecule has 2 rings (SSSR count). The zero-order valence-corrected chi connectivity index (χ0v) is 12.9. The summed E-state index contributed by atoms with van der Waals surface area (Å²) >= 11 is 3.42. The first-order valence-electron chi connectivity index (χ1n) is 6.34. The van der Waals surface area contributed by atoms with Crippen molar-refractivity contribution in [2.24, 2.45) is 0 Å². The number of nitrogens with one attached hydrogen (secondary N) is 1. The van der Waals surface area contributed by atoms with Crippen LogP contribution in [0.2, 0.25) is 0 Å². The molecule has 0 heterocycles. The second kappa shape index (κ2) is 7.88. The van der Waals surface area contributed by atoms with Crippen molar-refractivity contribution in [3.05, 3.63) is 54.1 Å². The Morgan fingerprint density at radius 1 is 1.10 bits per heavy atom. The summed E-state index contributed by atoms with van der Waals surface area (Å²) in [4.78, 5) is 2.29. The van der Waals surface area contributed by atoms with Gasteiger partial charge in [0.05, 0.1) is 11.3 Å². The molecule has 0 fully saturated rings.